The van der Waals surface area contributed by atoms with Crippen molar-refractivity contribution >= 4 is 11.5 Å². The lowest BCUT2D eigenvalue weighted by Gasteiger charge is -2.38. The Labute approximate surface area is 143 Å². The molecule has 1 atom stereocenters. The molecule has 24 heavy (non-hydrogen) atoms. The molecule has 2 aromatic rings. The van der Waals surface area contributed by atoms with Gasteiger partial charge in [-0.25, -0.2) is 0 Å². The number of rotatable bonds is 3. The number of carbonyl (C=O) groups excluding carboxylic acids is 1. The summed E-state index contributed by atoms with van der Waals surface area (Å²) in [7, 11) is 0. The molecule has 124 valence electrons. The maximum absolute atomic E-state index is 12.3. The van der Waals surface area contributed by atoms with Gasteiger partial charge >= 0.3 is 0 Å². The predicted molar refractivity (Wildman–Crippen MR) is 97.7 cm³/mol. The van der Waals surface area contributed by atoms with Gasteiger partial charge in [-0.3, -0.25) is 9.69 Å². The molecule has 3 heteroatoms. The van der Waals surface area contributed by atoms with Crippen LogP contribution in [0.2, 0.25) is 0 Å². The first-order valence-electron chi connectivity index (χ1n) is 8.93. The van der Waals surface area contributed by atoms with Crippen molar-refractivity contribution in [2.45, 2.75) is 12.8 Å². The quantitative estimate of drug-likeness (QED) is 0.867. The summed E-state index contributed by atoms with van der Waals surface area (Å²) in [5, 5.41) is 0. The molecule has 0 saturated carbocycles. The average Bonchev–Trinajstić information content (AvgIpc) is 2.63. The summed E-state index contributed by atoms with van der Waals surface area (Å²) >= 11 is 0. The molecule has 0 spiro atoms. The molecule has 0 bridgehead atoms. The van der Waals surface area contributed by atoms with Crippen LogP contribution in [0.3, 0.4) is 0 Å². The molecule has 0 radical (unpaired) electrons. The highest BCUT2D eigenvalue weighted by Gasteiger charge is 2.27. The van der Waals surface area contributed by atoms with Gasteiger partial charge < -0.3 is 4.90 Å². The minimum absolute atomic E-state index is 0.324. The first kappa shape index (κ1) is 15.4. The van der Waals surface area contributed by atoms with Crippen molar-refractivity contribution in [3.8, 4) is 0 Å². The van der Waals surface area contributed by atoms with E-state index in [0.717, 1.165) is 44.7 Å². The van der Waals surface area contributed by atoms with Gasteiger partial charge in [-0.05, 0) is 30.0 Å². The smallest absolute Gasteiger partial charge is 0.163 e. The van der Waals surface area contributed by atoms with Crippen LogP contribution in [-0.2, 0) is 6.42 Å². The number of Topliss-reactive ketones (excluding diaryl/α,β-unsaturated/α-hetero) is 1. The number of hydrogen-bond donors (Lipinski definition) is 0. The molecule has 0 aromatic heterocycles. The Morgan fingerprint density at radius 2 is 1.54 bits per heavy atom. The Hall–Kier alpha value is -2.13. The zero-order valence-corrected chi connectivity index (χ0v) is 14.0. The topological polar surface area (TPSA) is 23.6 Å². The van der Waals surface area contributed by atoms with Crippen LogP contribution in [0.1, 0.15) is 22.3 Å². The van der Waals surface area contributed by atoms with Gasteiger partial charge in [-0.15, -0.1) is 0 Å². The third kappa shape index (κ3) is 3.22. The zero-order valence-electron chi connectivity index (χ0n) is 14.0. The first-order chi connectivity index (χ1) is 11.8. The molecular weight excluding hydrogens is 296 g/mol. The molecule has 1 unspecified atom stereocenters. The normalized spacial score (nSPS) is 21.6. The number of ketones is 1. The summed E-state index contributed by atoms with van der Waals surface area (Å²) in [6, 6.07) is 18.8. The van der Waals surface area contributed by atoms with Crippen molar-refractivity contribution in [2.24, 2.45) is 5.92 Å². The van der Waals surface area contributed by atoms with Crippen LogP contribution >= 0.6 is 0 Å². The Bertz CT molecular complexity index is 705. The third-order valence-corrected chi connectivity index (χ3v) is 5.31. The van der Waals surface area contributed by atoms with E-state index in [-0.39, 0.29) is 0 Å². The summed E-state index contributed by atoms with van der Waals surface area (Å²) in [5.41, 5.74) is 3.50. The summed E-state index contributed by atoms with van der Waals surface area (Å²) in [6.45, 7) is 5.35. The van der Waals surface area contributed by atoms with E-state index in [1.807, 2.05) is 18.2 Å². The Balaban J connectivity index is 1.34. The van der Waals surface area contributed by atoms with Gasteiger partial charge in [0.1, 0.15) is 0 Å². The van der Waals surface area contributed by atoms with E-state index in [0.29, 0.717) is 18.1 Å². The zero-order chi connectivity index (χ0) is 16.4. The number of carbonyl (C=O) groups is 1. The molecule has 1 aliphatic heterocycles. The number of nitrogens with zero attached hydrogens (tertiary/aromatic N) is 2. The van der Waals surface area contributed by atoms with Gasteiger partial charge in [0, 0.05) is 50.4 Å². The lowest BCUT2D eigenvalue weighted by atomic mass is 9.83. The van der Waals surface area contributed by atoms with Gasteiger partial charge in [0.15, 0.2) is 5.78 Å². The van der Waals surface area contributed by atoms with E-state index in [1.165, 1.54) is 11.3 Å². The molecule has 0 amide bonds. The number of para-hydroxylation sites is 1. The van der Waals surface area contributed by atoms with Crippen LogP contribution in [0.5, 0.6) is 0 Å². The van der Waals surface area contributed by atoms with E-state index < -0.39 is 0 Å². The monoisotopic (exact) mass is 320 g/mol. The van der Waals surface area contributed by atoms with Crippen LogP contribution in [-0.4, -0.2) is 43.4 Å². The lowest BCUT2D eigenvalue weighted by molar-refractivity contribution is 0.0929. The van der Waals surface area contributed by atoms with Crippen LogP contribution < -0.4 is 4.90 Å². The van der Waals surface area contributed by atoms with E-state index in [4.69, 9.17) is 0 Å². The molecule has 1 fully saturated rings. The van der Waals surface area contributed by atoms with Crippen molar-refractivity contribution in [2.75, 3.05) is 37.6 Å². The predicted octanol–water partition coefficient (Wildman–Crippen LogP) is 3.25. The van der Waals surface area contributed by atoms with Gasteiger partial charge in [0.2, 0.25) is 0 Å². The molecule has 3 nitrogen and oxygen atoms in total. The molecule has 2 aromatic carbocycles. The van der Waals surface area contributed by atoms with Gasteiger partial charge in [0.25, 0.3) is 0 Å². The van der Waals surface area contributed by atoms with Crippen LogP contribution in [0.15, 0.2) is 54.6 Å². The Kier molecular flexibility index (Phi) is 4.35. The molecule has 2 aliphatic rings. The summed E-state index contributed by atoms with van der Waals surface area (Å²) in [6.07, 6.45) is 1.75. The fraction of sp³-hybridized carbons (Fsp3) is 0.381. The minimum atomic E-state index is 0.324. The van der Waals surface area contributed by atoms with Crippen LogP contribution in [0, 0.1) is 5.92 Å². The van der Waals surface area contributed by atoms with Gasteiger partial charge in [-0.1, -0.05) is 42.5 Å². The Morgan fingerprint density at radius 3 is 2.33 bits per heavy atom. The molecule has 1 aliphatic carbocycles. The van der Waals surface area contributed by atoms with Crippen molar-refractivity contribution in [3.63, 3.8) is 0 Å². The SMILES string of the molecule is O=C1CC(CN2CCN(c3ccccc3)CC2)Cc2ccccc21. The Morgan fingerprint density at radius 1 is 0.833 bits per heavy atom. The number of hydrogen-bond acceptors (Lipinski definition) is 3. The highest BCUT2D eigenvalue weighted by molar-refractivity contribution is 5.98. The second-order valence-corrected chi connectivity index (χ2v) is 6.98. The van der Waals surface area contributed by atoms with Crippen LogP contribution in [0.4, 0.5) is 5.69 Å². The minimum Gasteiger partial charge on any atom is -0.369 e. The standard InChI is InChI=1S/C21H24N2O/c24-21-15-17(14-18-6-4-5-9-20(18)21)16-22-10-12-23(13-11-22)19-7-2-1-3-8-19/h1-9,17H,10-16H2. The van der Waals surface area contributed by atoms with Crippen molar-refractivity contribution in [1.82, 2.24) is 4.90 Å². The maximum atomic E-state index is 12.3. The highest BCUT2D eigenvalue weighted by Crippen LogP contribution is 2.26. The molecular formula is C21H24N2O. The summed E-state index contributed by atoms with van der Waals surface area (Å²) < 4.78 is 0. The van der Waals surface area contributed by atoms with E-state index >= 15 is 0 Å². The van der Waals surface area contributed by atoms with Crippen molar-refractivity contribution in [1.29, 1.82) is 0 Å². The van der Waals surface area contributed by atoms with Crippen molar-refractivity contribution < 1.29 is 4.79 Å². The van der Waals surface area contributed by atoms with E-state index in [1.54, 1.807) is 0 Å². The number of piperazine rings is 1. The molecule has 4 rings (SSSR count). The second-order valence-electron chi connectivity index (χ2n) is 6.98. The first-order valence-corrected chi connectivity index (χ1v) is 8.93. The highest BCUT2D eigenvalue weighted by atomic mass is 16.1. The second kappa shape index (κ2) is 6.78. The number of fused-ring (bicyclic) bond motifs is 1. The summed E-state index contributed by atoms with van der Waals surface area (Å²) in [5.74, 6) is 0.792. The van der Waals surface area contributed by atoms with Crippen LogP contribution in [0.25, 0.3) is 0 Å². The number of anilines is 1. The van der Waals surface area contributed by atoms with Gasteiger partial charge in [0.05, 0.1) is 0 Å². The molecule has 1 saturated heterocycles. The maximum Gasteiger partial charge on any atom is 0.163 e. The molecule has 0 N–H and O–H groups in total. The third-order valence-electron chi connectivity index (χ3n) is 5.31. The fourth-order valence-corrected chi connectivity index (χ4v) is 4.05. The van der Waals surface area contributed by atoms with E-state index in [2.05, 4.69) is 46.2 Å². The molecule has 1 heterocycles. The summed E-state index contributed by atoms with van der Waals surface area (Å²) in [4.78, 5) is 17.3. The van der Waals surface area contributed by atoms with Crippen molar-refractivity contribution in [3.05, 3.63) is 65.7 Å². The van der Waals surface area contributed by atoms with Gasteiger partial charge in [-0.2, -0.15) is 0 Å². The van der Waals surface area contributed by atoms with E-state index in [9.17, 15) is 4.79 Å². The fourth-order valence-electron chi connectivity index (χ4n) is 4.05. The largest absolute Gasteiger partial charge is 0.369 e. The number of benzene rings is 2. The average molecular weight is 320 g/mol. The lowest BCUT2D eigenvalue weighted by Crippen LogP contribution is -2.48.